The minimum Gasteiger partial charge on any atom is -0.310 e. The van der Waals surface area contributed by atoms with Crippen molar-refractivity contribution >= 4 is 49.4 Å². The summed E-state index contributed by atoms with van der Waals surface area (Å²) in [7, 11) is 0. The van der Waals surface area contributed by atoms with Crippen LogP contribution in [0.25, 0.3) is 65.7 Å². The van der Waals surface area contributed by atoms with E-state index >= 15 is 0 Å². The summed E-state index contributed by atoms with van der Waals surface area (Å²) in [6, 6.07) is 72.5. The lowest BCUT2D eigenvalue weighted by atomic mass is 9.93. The lowest BCUT2D eigenvalue weighted by Gasteiger charge is -2.29. The lowest BCUT2D eigenvalue weighted by molar-refractivity contribution is 1.29. The van der Waals surface area contributed by atoms with Gasteiger partial charge in [0.1, 0.15) is 0 Å². The molecule has 49 heavy (non-hydrogen) atoms. The summed E-state index contributed by atoms with van der Waals surface area (Å²) in [6.45, 7) is 0. The maximum atomic E-state index is 2.44. The molecule has 0 saturated carbocycles. The van der Waals surface area contributed by atoms with Gasteiger partial charge in [0, 0.05) is 16.9 Å². The van der Waals surface area contributed by atoms with Crippen molar-refractivity contribution in [2.75, 3.05) is 4.90 Å². The van der Waals surface area contributed by atoms with Crippen LogP contribution in [-0.2, 0) is 0 Å². The fraction of sp³-hybridized carbons (Fsp3) is 0. The molecule has 1 nitrogen and oxygen atoms in total. The van der Waals surface area contributed by atoms with E-state index in [0.29, 0.717) is 0 Å². The van der Waals surface area contributed by atoms with Crippen LogP contribution in [0.15, 0.2) is 200 Å². The van der Waals surface area contributed by atoms with Crippen LogP contribution >= 0.6 is 0 Å². The molecule has 0 aliphatic rings. The summed E-state index contributed by atoms with van der Waals surface area (Å²) in [5.41, 5.74) is 10.5. The van der Waals surface area contributed by atoms with E-state index in [0.717, 1.165) is 17.1 Å². The summed E-state index contributed by atoms with van der Waals surface area (Å²) in [6.07, 6.45) is 0. The quantitative estimate of drug-likeness (QED) is 0.167. The Hall–Kier alpha value is -6.44. The molecule has 9 rings (SSSR count). The van der Waals surface area contributed by atoms with Crippen LogP contribution in [0.5, 0.6) is 0 Å². The van der Waals surface area contributed by atoms with Gasteiger partial charge in [-0.25, -0.2) is 0 Å². The Morgan fingerprint density at radius 3 is 1.29 bits per heavy atom. The van der Waals surface area contributed by atoms with Gasteiger partial charge in [-0.15, -0.1) is 0 Å². The van der Waals surface area contributed by atoms with Gasteiger partial charge in [-0.2, -0.15) is 0 Å². The molecule has 0 heterocycles. The zero-order chi connectivity index (χ0) is 32.6. The third-order valence-electron chi connectivity index (χ3n) is 9.63. The number of fused-ring (bicyclic) bond motifs is 6. The van der Waals surface area contributed by atoms with Crippen molar-refractivity contribution < 1.29 is 0 Å². The smallest absolute Gasteiger partial charge is 0.0540 e. The van der Waals surface area contributed by atoms with E-state index in [4.69, 9.17) is 0 Å². The van der Waals surface area contributed by atoms with Gasteiger partial charge in [-0.05, 0) is 96.5 Å². The molecular weight excluding hydrogens is 591 g/mol. The van der Waals surface area contributed by atoms with Crippen molar-refractivity contribution in [3.63, 3.8) is 0 Å². The van der Waals surface area contributed by atoms with Crippen LogP contribution in [0.4, 0.5) is 17.1 Å². The summed E-state index contributed by atoms with van der Waals surface area (Å²) in [5, 5.41) is 7.61. The van der Waals surface area contributed by atoms with Gasteiger partial charge < -0.3 is 4.90 Å². The van der Waals surface area contributed by atoms with E-state index in [1.807, 2.05) is 0 Å². The van der Waals surface area contributed by atoms with Gasteiger partial charge >= 0.3 is 0 Å². The van der Waals surface area contributed by atoms with Crippen LogP contribution in [0, 0.1) is 0 Å². The fourth-order valence-electron chi connectivity index (χ4n) is 7.31. The van der Waals surface area contributed by atoms with Crippen LogP contribution in [0.1, 0.15) is 0 Å². The molecule has 230 valence electrons. The van der Waals surface area contributed by atoms with Gasteiger partial charge in [0.05, 0.1) is 5.69 Å². The number of anilines is 3. The van der Waals surface area contributed by atoms with Gasteiger partial charge in [0.2, 0.25) is 0 Å². The molecule has 0 fully saturated rings. The molecule has 0 spiro atoms. The molecule has 9 aromatic rings. The third kappa shape index (κ3) is 5.23. The number of rotatable bonds is 6. The van der Waals surface area contributed by atoms with E-state index < -0.39 is 0 Å². The largest absolute Gasteiger partial charge is 0.310 e. The Morgan fingerprint density at radius 2 is 0.694 bits per heavy atom. The van der Waals surface area contributed by atoms with Gasteiger partial charge in [0.25, 0.3) is 0 Å². The molecule has 0 saturated heterocycles. The Balaban J connectivity index is 1.33. The molecule has 0 aliphatic heterocycles. The van der Waals surface area contributed by atoms with Crippen molar-refractivity contribution in [3.05, 3.63) is 200 Å². The maximum absolute atomic E-state index is 2.44. The summed E-state index contributed by atoms with van der Waals surface area (Å²) >= 11 is 0. The highest BCUT2D eigenvalue weighted by atomic mass is 15.1. The van der Waals surface area contributed by atoms with Crippen molar-refractivity contribution in [2.45, 2.75) is 0 Å². The van der Waals surface area contributed by atoms with Crippen molar-refractivity contribution in [3.8, 4) is 33.4 Å². The van der Waals surface area contributed by atoms with Crippen molar-refractivity contribution in [2.24, 2.45) is 0 Å². The van der Waals surface area contributed by atoms with Crippen LogP contribution < -0.4 is 4.90 Å². The maximum Gasteiger partial charge on any atom is 0.0540 e. The SMILES string of the molecule is c1ccc(-c2cccc(N(c3ccc4c5ccccc5c5ccccc5c4c3)c3ccc(-c4ccccc4)cc3-c3ccccc3)c2)cc1. The zero-order valence-electron chi connectivity index (χ0n) is 27.0. The first-order valence-corrected chi connectivity index (χ1v) is 16.9. The monoisotopic (exact) mass is 623 g/mol. The first-order valence-electron chi connectivity index (χ1n) is 16.9. The number of nitrogens with zero attached hydrogens (tertiary/aromatic N) is 1. The summed E-state index contributed by atoms with van der Waals surface area (Å²) in [5.74, 6) is 0. The van der Waals surface area contributed by atoms with E-state index in [2.05, 4.69) is 205 Å². The normalized spacial score (nSPS) is 11.3. The standard InChI is InChI=1S/C48H33N/c1-4-15-34(16-5-1)37-21-14-22-39(31-37)49(48-30-27-38(35-17-6-2-7-18-35)32-46(48)36-19-8-3-9-20-36)40-28-29-45-43-25-11-10-23-41(43)42-24-12-13-26-44(42)47(45)33-40/h1-33H. The Bertz CT molecular complexity index is 2550. The van der Waals surface area contributed by atoms with Crippen molar-refractivity contribution in [1.82, 2.24) is 0 Å². The molecular formula is C48H33N. The molecule has 0 atom stereocenters. The zero-order valence-corrected chi connectivity index (χ0v) is 27.0. The topological polar surface area (TPSA) is 3.24 Å². The minimum atomic E-state index is 1.11. The third-order valence-corrected chi connectivity index (χ3v) is 9.63. The molecule has 9 aromatic carbocycles. The first-order chi connectivity index (χ1) is 24.3. The molecule has 0 aromatic heterocycles. The highest BCUT2D eigenvalue weighted by molar-refractivity contribution is 6.25. The lowest BCUT2D eigenvalue weighted by Crippen LogP contribution is -2.11. The number of hydrogen-bond acceptors (Lipinski definition) is 1. The second-order valence-corrected chi connectivity index (χ2v) is 12.5. The fourth-order valence-corrected chi connectivity index (χ4v) is 7.31. The highest BCUT2D eigenvalue weighted by Crippen LogP contribution is 2.45. The average molecular weight is 624 g/mol. The van der Waals surface area contributed by atoms with E-state index in [1.54, 1.807) is 0 Å². The minimum absolute atomic E-state index is 1.11. The first kappa shape index (κ1) is 28.8. The van der Waals surface area contributed by atoms with Crippen molar-refractivity contribution in [1.29, 1.82) is 0 Å². The summed E-state index contributed by atoms with van der Waals surface area (Å²) in [4.78, 5) is 2.44. The molecule has 0 bridgehead atoms. The predicted molar refractivity (Wildman–Crippen MR) is 210 cm³/mol. The van der Waals surface area contributed by atoms with E-state index in [-0.39, 0.29) is 0 Å². The molecule has 0 unspecified atom stereocenters. The van der Waals surface area contributed by atoms with Crippen LogP contribution in [0.2, 0.25) is 0 Å². The van der Waals surface area contributed by atoms with Gasteiger partial charge in [-0.1, -0.05) is 164 Å². The van der Waals surface area contributed by atoms with Gasteiger partial charge in [0.15, 0.2) is 0 Å². The number of benzene rings is 9. The second kappa shape index (κ2) is 12.3. The Labute approximate surface area is 287 Å². The second-order valence-electron chi connectivity index (χ2n) is 12.5. The predicted octanol–water partition coefficient (Wildman–Crippen LogP) is 13.6. The molecule has 0 N–H and O–H groups in total. The highest BCUT2D eigenvalue weighted by Gasteiger charge is 2.20. The van der Waals surface area contributed by atoms with E-state index in [9.17, 15) is 0 Å². The molecule has 1 heteroatoms. The Morgan fingerprint density at radius 1 is 0.245 bits per heavy atom. The molecule has 0 radical (unpaired) electrons. The average Bonchev–Trinajstić information content (AvgIpc) is 3.19. The van der Waals surface area contributed by atoms with E-state index in [1.165, 1.54) is 65.7 Å². The van der Waals surface area contributed by atoms with Crippen LogP contribution in [0.3, 0.4) is 0 Å². The number of hydrogen-bond donors (Lipinski definition) is 0. The van der Waals surface area contributed by atoms with Gasteiger partial charge in [-0.3, -0.25) is 0 Å². The van der Waals surface area contributed by atoms with Crippen LogP contribution in [-0.4, -0.2) is 0 Å². The molecule has 0 amide bonds. The molecule has 0 aliphatic carbocycles. The summed E-state index contributed by atoms with van der Waals surface area (Å²) < 4.78 is 0. The Kier molecular flexibility index (Phi) is 7.22.